The Morgan fingerprint density at radius 2 is 2.08 bits per heavy atom. The van der Waals surface area contributed by atoms with E-state index < -0.39 is 0 Å². The molecule has 3 aromatic heterocycles. The summed E-state index contributed by atoms with van der Waals surface area (Å²) in [5.74, 6) is 0.344. The van der Waals surface area contributed by atoms with Gasteiger partial charge in [0.05, 0.1) is 5.69 Å². The molecule has 4 aromatic rings. The molecule has 0 aliphatic heterocycles. The highest BCUT2D eigenvalue weighted by Crippen LogP contribution is 2.42. The molecule has 0 saturated heterocycles. The van der Waals surface area contributed by atoms with Crippen LogP contribution in [0.1, 0.15) is 24.6 Å². The zero-order chi connectivity index (χ0) is 17.8. The van der Waals surface area contributed by atoms with E-state index in [0.29, 0.717) is 22.8 Å². The third-order valence-corrected chi connectivity index (χ3v) is 5.18. The third-order valence-electron chi connectivity index (χ3n) is 4.89. The molecule has 26 heavy (non-hydrogen) atoms. The van der Waals surface area contributed by atoms with Crippen molar-refractivity contribution in [2.75, 3.05) is 0 Å². The molecule has 0 atom stereocenters. The second-order valence-corrected chi connectivity index (χ2v) is 7.00. The zero-order valence-corrected chi connectivity index (χ0v) is 14.9. The monoisotopic (exact) mass is 365 g/mol. The van der Waals surface area contributed by atoms with Crippen molar-refractivity contribution in [1.82, 2.24) is 24.5 Å². The average molecular weight is 366 g/mol. The Labute approximate surface area is 154 Å². The quantitative estimate of drug-likeness (QED) is 0.550. The van der Waals surface area contributed by atoms with Gasteiger partial charge in [-0.15, -0.1) is 5.10 Å². The van der Waals surface area contributed by atoms with Gasteiger partial charge < -0.3 is 9.67 Å². The third kappa shape index (κ3) is 2.29. The summed E-state index contributed by atoms with van der Waals surface area (Å²) in [6, 6.07) is 10.1. The molecule has 0 spiro atoms. The predicted octanol–water partition coefficient (Wildman–Crippen LogP) is 4.29. The lowest BCUT2D eigenvalue weighted by Gasteiger charge is -2.05. The number of aromatic nitrogens is 5. The highest BCUT2D eigenvalue weighted by Gasteiger charge is 2.26. The summed E-state index contributed by atoms with van der Waals surface area (Å²) in [4.78, 5) is 4.10. The van der Waals surface area contributed by atoms with Crippen LogP contribution in [0.2, 0.25) is 5.15 Å². The molecule has 7 heteroatoms. The van der Waals surface area contributed by atoms with Crippen molar-refractivity contribution >= 4 is 22.4 Å². The van der Waals surface area contributed by atoms with Crippen LogP contribution >= 0.6 is 11.6 Å². The summed E-state index contributed by atoms with van der Waals surface area (Å²) in [5, 5.41) is 21.3. The molecule has 3 heterocycles. The van der Waals surface area contributed by atoms with Gasteiger partial charge in [0.15, 0.2) is 11.0 Å². The van der Waals surface area contributed by atoms with Gasteiger partial charge in [-0.3, -0.25) is 0 Å². The van der Waals surface area contributed by atoms with Gasteiger partial charge in [-0.05, 0) is 44.0 Å². The molecule has 1 fully saturated rings. The van der Waals surface area contributed by atoms with E-state index in [-0.39, 0.29) is 0 Å². The molecule has 1 aromatic carbocycles. The summed E-state index contributed by atoms with van der Waals surface area (Å²) in [7, 11) is 0. The fourth-order valence-electron chi connectivity index (χ4n) is 3.36. The minimum absolute atomic E-state index is 0.344. The largest absolute Gasteiger partial charge is 0.494 e. The number of fused-ring (bicyclic) bond motifs is 1. The van der Waals surface area contributed by atoms with Crippen LogP contribution in [-0.4, -0.2) is 29.7 Å². The Hall–Kier alpha value is -2.86. The van der Waals surface area contributed by atoms with E-state index in [1.165, 1.54) is 0 Å². The molecule has 0 amide bonds. The Bertz CT molecular complexity index is 1140. The Balaban J connectivity index is 1.61. The highest BCUT2D eigenvalue weighted by molar-refractivity contribution is 6.31. The second-order valence-electron chi connectivity index (χ2n) is 6.64. The Kier molecular flexibility index (Phi) is 3.30. The average Bonchev–Trinajstić information content (AvgIpc) is 3.34. The number of hydrogen-bond acceptors (Lipinski definition) is 4. The van der Waals surface area contributed by atoms with Gasteiger partial charge in [0, 0.05) is 34.8 Å². The number of hydrogen-bond donors (Lipinski definition) is 1. The Morgan fingerprint density at radius 3 is 2.85 bits per heavy atom. The van der Waals surface area contributed by atoms with E-state index in [4.69, 9.17) is 11.6 Å². The van der Waals surface area contributed by atoms with Crippen LogP contribution in [0, 0.1) is 6.92 Å². The molecule has 0 bridgehead atoms. The summed E-state index contributed by atoms with van der Waals surface area (Å²) in [6.07, 6.45) is 5.91. The normalized spacial score (nSPS) is 14.2. The lowest BCUT2D eigenvalue weighted by atomic mass is 10.1. The summed E-state index contributed by atoms with van der Waals surface area (Å²) in [6.45, 7) is 1.95. The van der Waals surface area contributed by atoms with Crippen LogP contribution in [0.3, 0.4) is 0 Å². The van der Waals surface area contributed by atoms with Gasteiger partial charge in [0.2, 0.25) is 0 Å². The first-order valence-corrected chi connectivity index (χ1v) is 8.88. The SMILES string of the molecule is Cc1c(-c2ccc3c(O)n(C4CC4)cc3c2)nnn1-c1cccnc1Cl. The topological polar surface area (TPSA) is 68.8 Å². The van der Waals surface area contributed by atoms with E-state index in [1.54, 1.807) is 10.9 Å². The first-order valence-electron chi connectivity index (χ1n) is 8.50. The van der Waals surface area contributed by atoms with Crippen LogP contribution in [0.5, 0.6) is 5.88 Å². The van der Waals surface area contributed by atoms with Crippen molar-refractivity contribution < 1.29 is 5.11 Å². The fraction of sp³-hybridized carbons (Fsp3) is 0.211. The van der Waals surface area contributed by atoms with Crippen LogP contribution in [0.4, 0.5) is 0 Å². The zero-order valence-electron chi connectivity index (χ0n) is 14.1. The predicted molar refractivity (Wildman–Crippen MR) is 99.8 cm³/mol. The molecule has 0 radical (unpaired) electrons. The maximum Gasteiger partial charge on any atom is 0.199 e. The number of pyridine rings is 1. The van der Waals surface area contributed by atoms with E-state index in [0.717, 1.165) is 40.6 Å². The molecule has 1 aliphatic rings. The van der Waals surface area contributed by atoms with Gasteiger partial charge >= 0.3 is 0 Å². The first-order chi connectivity index (χ1) is 12.6. The number of benzene rings is 1. The van der Waals surface area contributed by atoms with Crippen molar-refractivity contribution in [3.05, 3.63) is 53.6 Å². The summed E-state index contributed by atoms with van der Waals surface area (Å²) >= 11 is 6.19. The molecule has 0 unspecified atom stereocenters. The van der Waals surface area contributed by atoms with Gasteiger partial charge in [-0.25, -0.2) is 9.67 Å². The molecular weight excluding hydrogens is 350 g/mol. The van der Waals surface area contributed by atoms with Crippen molar-refractivity contribution in [1.29, 1.82) is 0 Å². The van der Waals surface area contributed by atoms with E-state index >= 15 is 0 Å². The molecule has 6 nitrogen and oxygen atoms in total. The van der Waals surface area contributed by atoms with Gasteiger partial charge in [-0.1, -0.05) is 22.9 Å². The van der Waals surface area contributed by atoms with E-state index in [9.17, 15) is 5.11 Å². The van der Waals surface area contributed by atoms with Crippen molar-refractivity contribution in [3.8, 4) is 22.8 Å². The number of nitrogens with zero attached hydrogens (tertiary/aromatic N) is 5. The molecule has 1 saturated carbocycles. The lowest BCUT2D eigenvalue weighted by Crippen LogP contribution is -2.00. The second kappa shape index (κ2) is 5.57. The minimum atomic E-state index is 0.344. The van der Waals surface area contributed by atoms with Gasteiger partial charge in [-0.2, -0.15) is 0 Å². The van der Waals surface area contributed by atoms with Crippen molar-refractivity contribution in [2.45, 2.75) is 25.8 Å². The standard InChI is InChI=1S/C19H16ClN5O/c1-11-17(22-23-25(11)16-3-2-8-21-18(16)20)12-4-7-15-13(9-12)10-24(19(15)26)14-5-6-14/h2-4,7-10,14,26H,5-6H2,1H3. The number of aromatic hydroxyl groups is 1. The van der Waals surface area contributed by atoms with Crippen LogP contribution in [0.15, 0.2) is 42.7 Å². The van der Waals surface area contributed by atoms with Crippen molar-refractivity contribution in [3.63, 3.8) is 0 Å². The number of halogens is 1. The van der Waals surface area contributed by atoms with E-state index in [1.807, 2.05) is 48.0 Å². The molecule has 1 N–H and O–H groups in total. The maximum atomic E-state index is 10.4. The lowest BCUT2D eigenvalue weighted by molar-refractivity contribution is 0.424. The van der Waals surface area contributed by atoms with E-state index in [2.05, 4.69) is 15.3 Å². The Morgan fingerprint density at radius 1 is 1.23 bits per heavy atom. The minimum Gasteiger partial charge on any atom is -0.494 e. The molecule has 5 rings (SSSR count). The highest BCUT2D eigenvalue weighted by atomic mass is 35.5. The van der Waals surface area contributed by atoms with Crippen LogP contribution in [-0.2, 0) is 0 Å². The van der Waals surface area contributed by atoms with Gasteiger partial charge in [0.1, 0.15) is 11.4 Å². The van der Waals surface area contributed by atoms with Gasteiger partial charge in [0.25, 0.3) is 0 Å². The molecule has 130 valence electrons. The van der Waals surface area contributed by atoms with Crippen LogP contribution in [0.25, 0.3) is 27.7 Å². The summed E-state index contributed by atoms with van der Waals surface area (Å²) in [5.41, 5.74) is 3.31. The van der Waals surface area contributed by atoms with Crippen LogP contribution < -0.4 is 0 Å². The summed E-state index contributed by atoms with van der Waals surface area (Å²) < 4.78 is 3.66. The molecule has 1 aliphatic carbocycles. The first kappa shape index (κ1) is 15.4. The number of rotatable bonds is 3. The molecular formula is C19H16ClN5O. The maximum absolute atomic E-state index is 10.4. The smallest absolute Gasteiger partial charge is 0.199 e. The van der Waals surface area contributed by atoms with Crippen molar-refractivity contribution in [2.24, 2.45) is 0 Å². The fourth-order valence-corrected chi connectivity index (χ4v) is 3.56.